The number of oxazole rings is 1. The number of ether oxygens (including phenoxy) is 1. The number of morpholine rings is 1. The molecular weight excluding hydrogens is 356 g/mol. The van der Waals surface area contributed by atoms with Crippen LogP contribution in [0.3, 0.4) is 0 Å². The first-order valence-corrected chi connectivity index (χ1v) is 9.40. The van der Waals surface area contributed by atoms with Gasteiger partial charge in [-0.1, -0.05) is 11.6 Å². The zero-order valence-electron chi connectivity index (χ0n) is 14.9. The van der Waals surface area contributed by atoms with Crippen LogP contribution in [-0.2, 0) is 4.74 Å². The van der Waals surface area contributed by atoms with Crippen LogP contribution in [0.4, 0.5) is 10.8 Å². The Bertz CT molecular complexity index is 782. The Morgan fingerprint density at radius 2 is 1.96 bits per heavy atom. The van der Waals surface area contributed by atoms with E-state index in [9.17, 15) is 4.79 Å². The standard InChI is InChI=1S/C18H23ClN4O3/c1-21(18(24)23-8-10-25-11-9-23)14-4-6-22(7-5-14)17-20-15-3-2-13(19)12-16(15)26-17/h2-3,12,14H,4-11H2,1H3. The molecule has 2 fully saturated rings. The third kappa shape index (κ3) is 3.46. The number of carbonyl (C=O) groups is 1. The summed E-state index contributed by atoms with van der Waals surface area (Å²) in [6.45, 7) is 4.22. The third-order valence-electron chi connectivity index (χ3n) is 5.21. The van der Waals surface area contributed by atoms with Crippen molar-refractivity contribution in [3.05, 3.63) is 23.2 Å². The largest absolute Gasteiger partial charge is 0.423 e. The van der Waals surface area contributed by atoms with E-state index in [0.29, 0.717) is 42.9 Å². The van der Waals surface area contributed by atoms with E-state index in [1.54, 1.807) is 6.07 Å². The van der Waals surface area contributed by atoms with E-state index in [1.165, 1.54) is 0 Å². The van der Waals surface area contributed by atoms with Crippen LogP contribution in [0.5, 0.6) is 0 Å². The van der Waals surface area contributed by atoms with Crippen molar-refractivity contribution in [1.82, 2.24) is 14.8 Å². The quantitative estimate of drug-likeness (QED) is 0.804. The number of hydrogen-bond acceptors (Lipinski definition) is 5. The highest BCUT2D eigenvalue weighted by atomic mass is 35.5. The zero-order valence-corrected chi connectivity index (χ0v) is 15.6. The highest BCUT2D eigenvalue weighted by Crippen LogP contribution is 2.27. The van der Waals surface area contributed by atoms with Crippen LogP contribution in [0.25, 0.3) is 11.1 Å². The number of carbonyl (C=O) groups excluding carboxylic acids is 1. The Balaban J connectivity index is 1.37. The molecule has 0 aliphatic carbocycles. The molecule has 0 N–H and O–H groups in total. The molecule has 2 saturated heterocycles. The highest BCUT2D eigenvalue weighted by molar-refractivity contribution is 6.31. The van der Waals surface area contributed by atoms with Crippen LogP contribution < -0.4 is 4.90 Å². The van der Waals surface area contributed by atoms with Gasteiger partial charge in [0.1, 0.15) is 5.52 Å². The molecule has 140 valence electrons. The summed E-state index contributed by atoms with van der Waals surface area (Å²) >= 11 is 6.01. The summed E-state index contributed by atoms with van der Waals surface area (Å²) in [5.41, 5.74) is 1.51. The van der Waals surface area contributed by atoms with Gasteiger partial charge in [-0.05, 0) is 25.0 Å². The van der Waals surface area contributed by atoms with Crippen LogP contribution in [0, 0.1) is 0 Å². The average molecular weight is 379 g/mol. The number of benzene rings is 1. The van der Waals surface area contributed by atoms with Crippen molar-refractivity contribution in [2.75, 3.05) is 51.3 Å². The fourth-order valence-electron chi connectivity index (χ4n) is 3.60. The molecule has 2 aliphatic rings. The first-order chi connectivity index (χ1) is 12.6. The number of anilines is 1. The Hall–Kier alpha value is -1.99. The topological polar surface area (TPSA) is 62.1 Å². The number of piperidine rings is 1. The lowest BCUT2D eigenvalue weighted by Crippen LogP contribution is -2.52. The zero-order chi connectivity index (χ0) is 18.1. The summed E-state index contributed by atoms with van der Waals surface area (Å²) < 4.78 is 11.2. The molecule has 0 radical (unpaired) electrons. The van der Waals surface area contributed by atoms with Gasteiger partial charge in [-0.25, -0.2) is 4.79 Å². The van der Waals surface area contributed by atoms with Crippen molar-refractivity contribution in [2.24, 2.45) is 0 Å². The van der Waals surface area contributed by atoms with Crippen molar-refractivity contribution < 1.29 is 13.9 Å². The van der Waals surface area contributed by atoms with E-state index in [4.69, 9.17) is 20.8 Å². The number of halogens is 1. The van der Waals surface area contributed by atoms with Crippen molar-refractivity contribution in [3.8, 4) is 0 Å². The van der Waals surface area contributed by atoms with E-state index >= 15 is 0 Å². The van der Waals surface area contributed by atoms with Crippen LogP contribution in [0.15, 0.2) is 22.6 Å². The SMILES string of the molecule is CN(C(=O)N1CCOCC1)C1CCN(c2nc3ccc(Cl)cc3o2)CC1. The number of nitrogens with zero attached hydrogens (tertiary/aromatic N) is 4. The maximum absolute atomic E-state index is 12.6. The Morgan fingerprint density at radius 3 is 2.69 bits per heavy atom. The third-order valence-corrected chi connectivity index (χ3v) is 5.44. The minimum atomic E-state index is 0.100. The molecule has 2 aliphatic heterocycles. The number of hydrogen-bond donors (Lipinski definition) is 0. The molecule has 26 heavy (non-hydrogen) atoms. The van der Waals surface area contributed by atoms with Gasteiger partial charge in [-0.3, -0.25) is 0 Å². The molecule has 0 atom stereocenters. The monoisotopic (exact) mass is 378 g/mol. The van der Waals surface area contributed by atoms with Gasteiger partial charge in [-0.2, -0.15) is 4.98 Å². The molecule has 1 aromatic carbocycles. The summed E-state index contributed by atoms with van der Waals surface area (Å²) in [6, 6.07) is 6.43. The van der Waals surface area contributed by atoms with Gasteiger partial charge >= 0.3 is 6.03 Å². The van der Waals surface area contributed by atoms with Crippen molar-refractivity contribution in [1.29, 1.82) is 0 Å². The minimum Gasteiger partial charge on any atom is -0.423 e. The molecule has 8 heteroatoms. The summed E-state index contributed by atoms with van der Waals surface area (Å²) in [7, 11) is 1.90. The summed E-state index contributed by atoms with van der Waals surface area (Å²) in [6.07, 6.45) is 1.79. The smallest absolute Gasteiger partial charge is 0.320 e. The molecular formula is C18H23ClN4O3. The summed E-state index contributed by atoms with van der Waals surface area (Å²) in [5.74, 6) is 0. The first-order valence-electron chi connectivity index (χ1n) is 9.02. The van der Waals surface area contributed by atoms with Gasteiger partial charge in [0.15, 0.2) is 5.58 Å². The van der Waals surface area contributed by atoms with E-state index in [1.807, 2.05) is 29.0 Å². The maximum Gasteiger partial charge on any atom is 0.320 e. The number of aromatic nitrogens is 1. The molecule has 1 aromatic heterocycles. The lowest BCUT2D eigenvalue weighted by Gasteiger charge is -2.39. The molecule has 2 aromatic rings. The molecule has 7 nitrogen and oxygen atoms in total. The van der Waals surface area contributed by atoms with Crippen LogP contribution >= 0.6 is 11.6 Å². The predicted octanol–water partition coefficient (Wildman–Crippen LogP) is 2.83. The summed E-state index contributed by atoms with van der Waals surface area (Å²) in [4.78, 5) is 23.1. The molecule has 0 spiro atoms. The van der Waals surface area contributed by atoms with Crippen molar-refractivity contribution >= 4 is 34.7 Å². The minimum absolute atomic E-state index is 0.100. The van der Waals surface area contributed by atoms with Gasteiger partial charge in [0.25, 0.3) is 6.01 Å². The van der Waals surface area contributed by atoms with Gasteiger partial charge in [0.05, 0.1) is 13.2 Å². The van der Waals surface area contributed by atoms with Crippen molar-refractivity contribution in [3.63, 3.8) is 0 Å². The van der Waals surface area contributed by atoms with Crippen molar-refractivity contribution in [2.45, 2.75) is 18.9 Å². The molecule has 3 heterocycles. The molecule has 4 rings (SSSR count). The van der Waals surface area contributed by atoms with Crippen LogP contribution in [-0.4, -0.2) is 73.3 Å². The highest BCUT2D eigenvalue weighted by Gasteiger charge is 2.30. The number of amides is 2. The Morgan fingerprint density at radius 1 is 1.23 bits per heavy atom. The second-order valence-corrected chi connectivity index (χ2v) is 7.26. The van der Waals surface area contributed by atoms with Gasteiger partial charge in [-0.15, -0.1) is 0 Å². The number of urea groups is 1. The summed E-state index contributed by atoms with van der Waals surface area (Å²) in [5, 5.41) is 0.641. The lowest BCUT2D eigenvalue weighted by molar-refractivity contribution is 0.0409. The van der Waals surface area contributed by atoms with Crippen LogP contribution in [0.1, 0.15) is 12.8 Å². The predicted molar refractivity (Wildman–Crippen MR) is 99.8 cm³/mol. The van der Waals surface area contributed by atoms with E-state index in [-0.39, 0.29) is 12.1 Å². The van der Waals surface area contributed by atoms with Gasteiger partial charge in [0, 0.05) is 50.4 Å². The lowest BCUT2D eigenvalue weighted by atomic mass is 10.0. The van der Waals surface area contributed by atoms with Gasteiger partial charge < -0.3 is 23.9 Å². The second kappa shape index (κ2) is 7.32. The average Bonchev–Trinajstić information content (AvgIpc) is 3.11. The Labute approximate surface area is 157 Å². The second-order valence-electron chi connectivity index (χ2n) is 6.82. The molecule has 0 saturated carbocycles. The van der Waals surface area contributed by atoms with Crippen LogP contribution in [0.2, 0.25) is 5.02 Å². The molecule has 2 amide bonds. The molecule has 0 unspecified atom stereocenters. The normalized spacial score (nSPS) is 19.2. The fraction of sp³-hybridized carbons (Fsp3) is 0.556. The van der Waals surface area contributed by atoms with E-state index in [2.05, 4.69) is 9.88 Å². The Kier molecular flexibility index (Phi) is 4.91. The van der Waals surface area contributed by atoms with Gasteiger partial charge in [0.2, 0.25) is 0 Å². The van der Waals surface area contributed by atoms with E-state index < -0.39 is 0 Å². The molecule has 0 bridgehead atoms. The number of rotatable bonds is 2. The fourth-order valence-corrected chi connectivity index (χ4v) is 3.76. The maximum atomic E-state index is 12.6. The first kappa shape index (κ1) is 17.4. The van der Waals surface area contributed by atoms with E-state index in [0.717, 1.165) is 31.4 Å². The number of fused-ring (bicyclic) bond motifs is 1.